The van der Waals surface area contributed by atoms with Gasteiger partial charge in [0.05, 0.1) is 16.8 Å². The summed E-state index contributed by atoms with van der Waals surface area (Å²) in [7, 11) is 4.08. The van der Waals surface area contributed by atoms with Crippen LogP contribution >= 0.6 is 0 Å². The number of carbonyl (C=O) groups excluding carboxylic acids is 1. The van der Waals surface area contributed by atoms with Crippen LogP contribution in [0.3, 0.4) is 0 Å². The summed E-state index contributed by atoms with van der Waals surface area (Å²) in [6, 6.07) is 2.72. The number of likely N-dealkylation sites (N-methyl/N-ethyl adjacent to an activating group) is 1. The third kappa shape index (κ3) is 2.32. The molecule has 0 fully saturated rings. The van der Waals surface area contributed by atoms with Crippen molar-refractivity contribution in [1.82, 2.24) is 20.2 Å². The topological polar surface area (TPSA) is 63.7 Å². The highest BCUT2D eigenvalue weighted by Crippen LogP contribution is 2.32. The molecule has 0 saturated heterocycles. The summed E-state index contributed by atoms with van der Waals surface area (Å²) in [6.07, 6.45) is 0. The van der Waals surface area contributed by atoms with Crippen molar-refractivity contribution >= 4 is 22.5 Å². The van der Waals surface area contributed by atoms with Crippen LogP contribution in [0.4, 0.5) is 4.39 Å². The minimum atomic E-state index is -0.422. The first-order valence-electron chi connectivity index (χ1n) is 7.61. The van der Waals surface area contributed by atoms with E-state index < -0.39 is 5.82 Å². The smallest absolute Gasteiger partial charge is 0.272 e. The highest BCUT2D eigenvalue weighted by molar-refractivity contribution is 6.21. The molecular weight excluding hydrogens is 297 g/mol. The van der Waals surface area contributed by atoms with E-state index in [1.54, 1.807) is 0 Å². The van der Waals surface area contributed by atoms with Crippen LogP contribution in [0.5, 0.6) is 0 Å². The first-order chi connectivity index (χ1) is 11.0. The molecule has 2 aliphatic rings. The standard InChI is InChI=1S/C16H18FN5O/c1-21(2)3-4-22-7-12-15-13(8-22)19-20-16(23)10-5-9(17)6-11(18-12)14(10)15/h5-6,18H,3-4,7-8H2,1-2H3,(H,20,23). The Balaban J connectivity index is 1.83. The molecule has 7 heteroatoms. The van der Waals surface area contributed by atoms with Gasteiger partial charge in [0.2, 0.25) is 0 Å². The number of hydrogen-bond acceptors (Lipinski definition) is 4. The molecule has 2 N–H and O–H groups in total. The fraction of sp³-hybridized carbons (Fsp3) is 0.375. The first kappa shape index (κ1) is 14.3. The monoisotopic (exact) mass is 315 g/mol. The Bertz CT molecular complexity index is 839. The van der Waals surface area contributed by atoms with E-state index in [0.29, 0.717) is 17.6 Å². The van der Waals surface area contributed by atoms with E-state index in [-0.39, 0.29) is 5.91 Å². The van der Waals surface area contributed by atoms with Crippen molar-refractivity contribution in [2.24, 2.45) is 5.10 Å². The summed E-state index contributed by atoms with van der Waals surface area (Å²) >= 11 is 0. The molecule has 6 nitrogen and oxygen atoms in total. The van der Waals surface area contributed by atoms with Gasteiger partial charge in [0.1, 0.15) is 5.82 Å². The quantitative estimate of drug-likeness (QED) is 0.892. The maximum atomic E-state index is 13.8. The Morgan fingerprint density at radius 3 is 2.96 bits per heavy atom. The first-order valence-corrected chi connectivity index (χ1v) is 7.61. The predicted molar refractivity (Wildman–Crippen MR) is 86.1 cm³/mol. The lowest BCUT2D eigenvalue weighted by Gasteiger charge is -2.28. The third-order valence-electron chi connectivity index (χ3n) is 4.38. The average molecular weight is 315 g/mol. The second-order valence-corrected chi connectivity index (χ2v) is 6.37. The van der Waals surface area contributed by atoms with Gasteiger partial charge >= 0.3 is 0 Å². The molecular formula is C16H18FN5O. The lowest BCUT2D eigenvalue weighted by atomic mass is 9.98. The number of amides is 1. The summed E-state index contributed by atoms with van der Waals surface area (Å²) in [5.74, 6) is -0.785. The molecule has 0 saturated carbocycles. The molecule has 3 heterocycles. The van der Waals surface area contributed by atoms with Gasteiger partial charge in [0, 0.05) is 42.8 Å². The number of nitrogens with one attached hydrogen (secondary N) is 2. The molecule has 2 aliphatic heterocycles. The average Bonchev–Trinajstić information content (AvgIpc) is 2.79. The normalized spacial score (nSPS) is 17.4. The molecule has 120 valence electrons. The van der Waals surface area contributed by atoms with Gasteiger partial charge in [-0.3, -0.25) is 9.69 Å². The number of halogens is 1. The predicted octanol–water partition coefficient (Wildman–Crippen LogP) is 1.13. The van der Waals surface area contributed by atoms with Crippen LogP contribution in [0.2, 0.25) is 0 Å². The number of hydrazone groups is 1. The van der Waals surface area contributed by atoms with Crippen molar-refractivity contribution in [2.45, 2.75) is 6.54 Å². The molecule has 0 unspecified atom stereocenters. The number of H-pyrrole nitrogens is 1. The zero-order valence-electron chi connectivity index (χ0n) is 13.1. The van der Waals surface area contributed by atoms with E-state index in [4.69, 9.17) is 0 Å². The number of hydrogen-bond donors (Lipinski definition) is 2. The Morgan fingerprint density at radius 2 is 2.17 bits per heavy atom. The second kappa shape index (κ2) is 5.14. The van der Waals surface area contributed by atoms with Gasteiger partial charge in [-0.2, -0.15) is 5.10 Å². The molecule has 0 aliphatic carbocycles. The van der Waals surface area contributed by atoms with E-state index in [2.05, 4.69) is 25.3 Å². The molecule has 1 amide bonds. The molecule has 0 radical (unpaired) electrons. The van der Waals surface area contributed by atoms with Crippen LogP contribution in [0.1, 0.15) is 21.6 Å². The molecule has 4 rings (SSSR count). The molecule has 0 bridgehead atoms. The number of nitrogens with zero attached hydrogens (tertiary/aromatic N) is 3. The third-order valence-corrected chi connectivity index (χ3v) is 4.38. The van der Waals surface area contributed by atoms with Crippen molar-refractivity contribution in [2.75, 3.05) is 33.7 Å². The molecule has 0 spiro atoms. The lowest BCUT2D eigenvalue weighted by molar-refractivity contribution is 0.0956. The van der Waals surface area contributed by atoms with Crippen LogP contribution in [-0.2, 0) is 6.54 Å². The Hall–Kier alpha value is -2.25. The molecule has 0 atom stereocenters. The van der Waals surface area contributed by atoms with E-state index in [0.717, 1.165) is 42.0 Å². The van der Waals surface area contributed by atoms with E-state index in [9.17, 15) is 9.18 Å². The zero-order valence-corrected chi connectivity index (χ0v) is 13.1. The van der Waals surface area contributed by atoms with E-state index in [1.807, 2.05) is 14.1 Å². The van der Waals surface area contributed by atoms with Crippen molar-refractivity contribution in [3.8, 4) is 0 Å². The Kier molecular flexibility index (Phi) is 3.21. The largest absolute Gasteiger partial charge is 0.357 e. The fourth-order valence-electron chi connectivity index (χ4n) is 3.31. The van der Waals surface area contributed by atoms with Gasteiger partial charge in [-0.1, -0.05) is 0 Å². The Morgan fingerprint density at radius 1 is 1.35 bits per heavy atom. The number of carbonyl (C=O) groups is 1. The molecule has 2 aromatic rings. The minimum Gasteiger partial charge on any atom is -0.357 e. The van der Waals surface area contributed by atoms with Crippen LogP contribution in [0, 0.1) is 5.82 Å². The summed E-state index contributed by atoms with van der Waals surface area (Å²) < 4.78 is 13.8. The van der Waals surface area contributed by atoms with Gasteiger partial charge in [0.15, 0.2) is 0 Å². The van der Waals surface area contributed by atoms with Crippen molar-refractivity contribution < 1.29 is 9.18 Å². The molecule has 23 heavy (non-hydrogen) atoms. The number of benzene rings is 1. The second-order valence-electron chi connectivity index (χ2n) is 6.37. The molecule has 1 aromatic carbocycles. The van der Waals surface area contributed by atoms with Crippen LogP contribution in [0.25, 0.3) is 10.9 Å². The summed E-state index contributed by atoms with van der Waals surface area (Å²) in [4.78, 5) is 19.9. The van der Waals surface area contributed by atoms with Gasteiger partial charge in [-0.25, -0.2) is 9.82 Å². The number of aromatic amines is 1. The number of rotatable bonds is 3. The maximum Gasteiger partial charge on any atom is 0.272 e. The summed E-state index contributed by atoms with van der Waals surface area (Å²) in [5.41, 5.74) is 6.32. The highest BCUT2D eigenvalue weighted by Gasteiger charge is 2.30. The van der Waals surface area contributed by atoms with E-state index in [1.165, 1.54) is 12.1 Å². The Labute approximate surface area is 132 Å². The van der Waals surface area contributed by atoms with Gasteiger partial charge in [-0.15, -0.1) is 0 Å². The maximum absolute atomic E-state index is 13.8. The SMILES string of the molecule is CN(C)CCN1CC2=NNC(=O)c3cc(F)cc4[nH]c(c2c34)C1. The summed E-state index contributed by atoms with van der Waals surface area (Å²) in [6.45, 7) is 3.25. The highest BCUT2D eigenvalue weighted by atomic mass is 19.1. The van der Waals surface area contributed by atoms with Crippen LogP contribution in [0.15, 0.2) is 17.2 Å². The zero-order chi connectivity index (χ0) is 16.1. The van der Waals surface area contributed by atoms with Gasteiger partial charge in [0.25, 0.3) is 5.91 Å². The van der Waals surface area contributed by atoms with Crippen molar-refractivity contribution in [1.29, 1.82) is 0 Å². The van der Waals surface area contributed by atoms with Crippen LogP contribution in [-0.4, -0.2) is 60.1 Å². The number of aromatic nitrogens is 1. The van der Waals surface area contributed by atoms with Crippen molar-refractivity contribution in [3.05, 3.63) is 34.8 Å². The van der Waals surface area contributed by atoms with Gasteiger partial charge in [-0.05, 0) is 26.2 Å². The minimum absolute atomic E-state index is 0.345. The molecule has 1 aromatic heterocycles. The van der Waals surface area contributed by atoms with Gasteiger partial charge < -0.3 is 9.88 Å². The fourth-order valence-corrected chi connectivity index (χ4v) is 3.31. The van der Waals surface area contributed by atoms with Crippen molar-refractivity contribution in [3.63, 3.8) is 0 Å². The van der Waals surface area contributed by atoms with E-state index >= 15 is 0 Å². The lowest BCUT2D eigenvalue weighted by Crippen LogP contribution is -2.39. The van der Waals surface area contributed by atoms with Crippen LogP contribution < -0.4 is 5.43 Å². The summed E-state index contributed by atoms with van der Waals surface area (Å²) in [5, 5.41) is 5.05.